The second-order valence-corrected chi connectivity index (χ2v) is 5.46. The minimum absolute atomic E-state index is 0.00130. The van der Waals surface area contributed by atoms with E-state index in [1.54, 1.807) is 4.90 Å². The molecule has 0 aromatic heterocycles. The Morgan fingerprint density at radius 3 is 2.45 bits per heavy atom. The number of para-hydroxylation sites is 1. The second kappa shape index (κ2) is 6.86. The molecule has 0 radical (unpaired) electrons. The first-order valence-corrected chi connectivity index (χ1v) is 8.10. The smallest absolute Gasteiger partial charge is 0.235 e. The average Bonchev–Trinajstić information content (AvgIpc) is 2.81. The van der Waals surface area contributed by atoms with Crippen LogP contribution in [-0.2, 0) is 14.4 Å². The Morgan fingerprint density at radius 2 is 1.82 bits per heavy atom. The van der Waals surface area contributed by atoms with Crippen molar-refractivity contribution in [3.05, 3.63) is 29.8 Å². The van der Waals surface area contributed by atoms with E-state index in [2.05, 4.69) is 0 Å². The Balaban J connectivity index is 0.000000847. The van der Waals surface area contributed by atoms with E-state index in [0.29, 0.717) is 12.8 Å². The lowest BCUT2D eigenvalue weighted by Crippen LogP contribution is -2.47. The maximum absolute atomic E-state index is 12.6. The van der Waals surface area contributed by atoms with E-state index < -0.39 is 6.04 Å². The van der Waals surface area contributed by atoms with Crippen LogP contribution in [-0.4, -0.2) is 23.5 Å². The maximum Gasteiger partial charge on any atom is 0.235 e. The standard InChI is InChI=1S/C16H17NO3.C2H6/c1-2-11-12-5-3-4-6-13(12)17(16(11)20)14-8-7-10(18)9-15(14)19;1-2/h3-6,11,14H,2,7-9H2,1H3;1-2H3. The van der Waals surface area contributed by atoms with Crippen molar-refractivity contribution in [3.8, 4) is 0 Å². The van der Waals surface area contributed by atoms with Crippen molar-refractivity contribution in [2.45, 2.75) is 58.4 Å². The van der Waals surface area contributed by atoms with Crippen LogP contribution in [0.5, 0.6) is 0 Å². The quantitative estimate of drug-likeness (QED) is 0.788. The third-order valence-corrected chi connectivity index (χ3v) is 4.27. The Bertz CT molecular complexity index is 594. The first-order chi connectivity index (χ1) is 10.6. The number of nitrogens with zero attached hydrogens (tertiary/aromatic N) is 1. The maximum atomic E-state index is 12.6. The number of anilines is 1. The van der Waals surface area contributed by atoms with Crippen LogP contribution < -0.4 is 4.90 Å². The van der Waals surface area contributed by atoms with Crippen molar-refractivity contribution >= 4 is 23.2 Å². The zero-order valence-corrected chi connectivity index (χ0v) is 13.5. The number of Topliss-reactive ketones (excluding diaryl/α,β-unsaturated/α-hetero) is 2. The molecule has 2 atom stereocenters. The highest BCUT2D eigenvalue weighted by atomic mass is 16.2. The van der Waals surface area contributed by atoms with Crippen molar-refractivity contribution in [2.75, 3.05) is 4.90 Å². The Kier molecular flexibility index (Phi) is 5.11. The molecule has 118 valence electrons. The molecule has 2 aliphatic rings. The molecule has 0 saturated heterocycles. The van der Waals surface area contributed by atoms with Gasteiger partial charge in [-0.15, -0.1) is 0 Å². The normalized spacial score (nSPS) is 24.0. The summed E-state index contributed by atoms with van der Waals surface area (Å²) in [7, 11) is 0. The molecule has 1 aliphatic heterocycles. The molecule has 1 heterocycles. The van der Waals surface area contributed by atoms with E-state index in [1.165, 1.54) is 0 Å². The Morgan fingerprint density at radius 1 is 1.14 bits per heavy atom. The molecule has 0 bridgehead atoms. The molecule has 4 nitrogen and oxygen atoms in total. The van der Waals surface area contributed by atoms with E-state index in [1.807, 2.05) is 45.0 Å². The van der Waals surface area contributed by atoms with Gasteiger partial charge >= 0.3 is 0 Å². The third kappa shape index (κ3) is 2.70. The number of carbonyl (C=O) groups is 3. The summed E-state index contributed by atoms with van der Waals surface area (Å²) in [6.45, 7) is 5.98. The molecule has 4 heteroatoms. The summed E-state index contributed by atoms with van der Waals surface area (Å²) in [5.41, 5.74) is 1.85. The van der Waals surface area contributed by atoms with Crippen LogP contribution in [0.2, 0.25) is 0 Å². The van der Waals surface area contributed by atoms with Crippen LogP contribution in [0.25, 0.3) is 0 Å². The molecule has 1 saturated carbocycles. The van der Waals surface area contributed by atoms with Crippen molar-refractivity contribution < 1.29 is 14.4 Å². The fourth-order valence-corrected chi connectivity index (χ4v) is 3.27. The zero-order chi connectivity index (χ0) is 16.3. The second-order valence-electron chi connectivity index (χ2n) is 5.46. The van der Waals surface area contributed by atoms with Gasteiger partial charge < -0.3 is 4.90 Å². The van der Waals surface area contributed by atoms with Gasteiger partial charge in [0.1, 0.15) is 5.78 Å². The van der Waals surface area contributed by atoms with Gasteiger partial charge in [-0.3, -0.25) is 14.4 Å². The van der Waals surface area contributed by atoms with E-state index in [4.69, 9.17) is 0 Å². The molecule has 0 spiro atoms. The lowest BCUT2D eigenvalue weighted by atomic mass is 9.91. The Labute approximate surface area is 131 Å². The highest BCUT2D eigenvalue weighted by Gasteiger charge is 2.43. The van der Waals surface area contributed by atoms with Crippen LogP contribution in [0.3, 0.4) is 0 Å². The summed E-state index contributed by atoms with van der Waals surface area (Å²) in [4.78, 5) is 37.7. The molecule has 22 heavy (non-hydrogen) atoms. The summed E-state index contributed by atoms with van der Waals surface area (Å²) in [6, 6.07) is 7.20. The predicted molar refractivity (Wildman–Crippen MR) is 86.0 cm³/mol. The number of hydrogen-bond donors (Lipinski definition) is 0. The van der Waals surface area contributed by atoms with Gasteiger partial charge in [-0.05, 0) is 24.5 Å². The van der Waals surface area contributed by atoms with Crippen molar-refractivity contribution in [1.29, 1.82) is 0 Å². The SMILES string of the molecule is CC.CCC1C(=O)N(C2CCC(=O)CC2=O)c2ccccc21. The van der Waals surface area contributed by atoms with Gasteiger partial charge in [-0.25, -0.2) is 0 Å². The number of amides is 1. The number of ketones is 2. The number of rotatable bonds is 2. The molecule has 1 aromatic rings. The summed E-state index contributed by atoms with van der Waals surface area (Å²) in [5, 5.41) is 0. The van der Waals surface area contributed by atoms with Crippen LogP contribution >= 0.6 is 0 Å². The average molecular weight is 301 g/mol. The number of carbonyl (C=O) groups excluding carboxylic acids is 3. The minimum Gasteiger partial charge on any atom is -0.301 e. The van der Waals surface area contributed by atoms with Gasteiger partial charge in [0.2, 0.25) is 5.91 Å². The summed E-state index contributed by atoms with van der Waals surface area (Å²) in [6.07, 6.45) is 1.53. The fourth-order valence-electron chi connectivity index (χ4n) is 3.27. The van der Waals surface area contributed by atoms with E-state index in [9.17, 15) is 14.4 Å². The minimum atomic E-state index is -0.460. The molecule has 0 N–H and O–H groups in total. The fraction of sp³-hybridized carbons (Fsp3) is 0.500. The Hall–Kier alpha value is -1.97. The van der Waals surface area contributed by atoms with E-state index in [-0.39, 0.29) is 29.8 Å². The van der Waals surface area contributed by atoms with Crippen LogP contribution in [0.1, 0.15) is 57.9 Å². The van der Waals surface area contributed by atoms with Gasteiger partial charge in [-0.2, -0.15) is 0 Å². The topological polar surface area (TPSA) is 54.5 Å². The molecule has 1 aliphatic carbocycles. The number of hydrogen-bond acceptors (Lipinski definition) is 3. The summed E-state index contributed by atoms with van der Waals surface area (Å²) < 4.78 is 0. The molecule has 3 rings (SSSR count). The van der Waals surface area contributed by atoms with E-state index >= 15 is 0 Å². The monoisotopic (exact) mass is 301 g/mol. The highest BCUT2D eigenvalue weighted by molar-refractivity contribution is 6.13. The van der Waals surface area contributed by atoms with Gasteiger partial charge in [0.25, 0.3) is 0 Å². The number of fused-ring (bicyclic) bond motifs is 1. The predicted octanol–water partition coefficient (Wildman–Crippen LogP) is 3.24. The largest absolute Gasteiger partial charge is 0.301 e. The van der Waals surface area contributed by atoms with Crippen LogP contribution in [0, 0.1) is 0 Å². The third-order valence-electron chi connectivity index (χ3n) is 4.27. The molecule has 1 fully saturated rings. The van der Waals surface area contributed by atoms with Gasteiger partial charge in [0, 0.05) is 12.1 Å². The zero-order valence-electron chi connectivity index (χ0n) is 13.5. The molecular weight excluding hydrogens is 278 g/mol. The van der Waals surface area contributed by atoms with Crippen molar-refractivity contribution in [2.24, 2.45) is 0 Å². The molecule has 1 aromatic carbocycles. The van der Waals surface area contributed by atoms with Crippen molar-refractivity contribution in [3.63, 3.8) is 0 Å². The van der Waals surface area contributed by atoms with Crippen LogP contribution in [0.4, 0.5) is 5.69 Å². The summed E-state index contributed by atoms with van der Waals surface area (Å²) in [5.74, 6) is -0.294. The van der Waals surface area contributed by atoms with E-state index in [0.717, 1.165) is 17.7 Å². The first kappa shape index (κ1) is 16.4. The van der Waals surface area contributed by atoms with Crippen LogP contribution in [0.15, 0.2) is 24.3 Å². The summed E-state index contributed by atoms with van der Waals surface area (Å²) >= 11 is 0. The molecule has 2 unspecified atom stereocenters. The van der Waals surface area contributed by atoms with Gasteiger partial charge in [0.05, 0.1) is 18.4 Å². The van der Waals surface area contributed by atoms with Gasteiger partial charge in [0.15, 0.2) is 5.78 Å². The molecule has 1 amide bonds. The highest BCUT2D eigenvalue weighted by Crippen LogP contribution is 2.41. The van der Waals surface area contributed by atoms with Crippen molar-refractivity contribution in [1.82, 2.24) is 0 Å². The molecular formula is C18H23NO3. The first-order valence-electron chi connectivity index (χ1n) is 8.10. The lowest BCUT2D eigenvalue weighted by Gasteiger charge is -2.30. The van der Waals surface area contributed by atoms with Gasteiger partial charge in [-0.1, -0.05) is 39.0 Å². The lowest BCUT2D eigenvalue weighted by molar-refractivity contribution is -0.132. The number of benzene rings is 1.